The molecular weight excluding hydrogens is 622 g/mol. The van der Waals surface area contributed by atoms with Crippen molar-refractivity contribution in [2.45, 2.75) is 27.2 Å². The lowest BCUT2D eigenvalue weighted by molar-refractivity contribution is 0.587. The van der Waals surface area contributed by atoms with Crippen molar-refractivity contribution in [3.05, 3.63) is 35.7 Å². The van der Waals surface area contributed by atoms with E-state index < -0.39 is 7.14 Å². The second-order valence-electron chi connectivity index (χ2n) is 4.93. The molecule has 0 N–H and O–H groups in total. The van der Waals surface area contributed by atoms with E-state index in [1.54, 1.807) is 0 Å². The molecule has 1 aliphatic rings. The van der Waals surface area contributed by atoms with E-state index in [0.29, 0.717) is 0 Å². The number of halogens is 3. The molecule has 6 heteroatoms. The van der Waals surface area contributed by atoms with Crippen molar-refractivity contribution in [1.82, 2.24) is 0 Å². The van der Waals surface area contributed by atoms with E-state index in [-0.39, 0.29) is 71.9 Å². The molecule has 2 rings (SSSR count). The summed E-state index contributed by atoms with van der Waals surface area (Å²) in [6.07, 6.45) is 1.79. The third kappa shape index (κ3) is 5.95. The SMILES string of the molecule is CCN(CC)c1ccc(P2(=O)C=C(C)CC2)cc1.I.I.I. The highest BCUT2D eigenvalue weighted by Gasteiger charge is 2.26. The van der Waals surface area contributed by atoms with Crippen molar-refractivity contribution >= 4 is 90.1 Å². The average molecular weight is 647 g/mol. The second-order valence-corrected chi connectivity index (χ2v) is 7.75. The zero-order valence-electron chi connectivity index (χ0n) is 12.7. The van der Waals surface area contributed by atoms with Crippen molar-refractivity contribution in [1.29, 1.82) is 0 Å². The van der Waals surface area contributed by atoms with Crippen LogP contribution in [0, 0.1) is 0 Å². The molecule has 1 aromatic carbocycles. The molecule has 1 atom stereocenters. The molecule has 0 bridgehead atoms. The Morgan fingerprint density at radius 2 is 1.57 bits per heavy atom. The van der Waals surface area contributed by atoms with Gasteiger partial charge in [-0.25, -0.2) is 0 Å². The smallest absolute Gasteiger partial charge is 0.136 e. The largest absolute Gasteiger partial charge is 0.372 e. The van der Waals surface area contributed by atoms with E-state index in [2.05, 4.69) is 37.8 Å². The van der Waals surface area contributed by atoms with Crippen LogP contribution in [0.3, 0.4) is 0 Å². The van der Waals surface area contributed by atoms with Crippen LogP contribution in [-0.2, 0) is 4.57 Å². The van der Waals surface area contributed by atoms with Crippen molar-refractivity contribution in [2.24, 2.45) is 0 Å². The maximum atomic E-state index is 12.8. The molecule has 1 unspecified atom stereocenters. The van der Waals surface area contributed by atoms with E-state index in [1.165, 1.54) is 11.3 Å². The van der Waals surface area contributed by atoms with Crippen LogP contribution in [-0.4, -0.2) is 19.3 Å². The minimum absolute atomic E-state index is 0. The molecule has 1 aliphatic heterocycles. The Morgan fingerprint density at radius 3 is 1.95 bits per heavy atom. The first-order chi connectivity index (χ1) is 8.59. The van der Waals surface area contributed by atoms with Gasteiger partial charge in [-0.05, 0) is 57.3 Å². The maximum absolute atomic E-state index is 12.8. The van der Waals surface area contributed by atoms with E-state index in [4.69, 9.17) is 0 Å². The highest BCUT2D eigenvalue weighted by Crippen LogP contribution is 2.52. The van der Waals surface area contributed by atoms with Gasteiger partial charge >= 0.3 is 0 Å². The lowest BCUT2D eigenvalue weighted by atomic mass is 10.3. The van der Waals surface area contributed by atoms with Crippen LogP contribution in [0.15, 0.2) is 35.7 Å². The third-order valence-corrected chi connectivity index (χ3v) is 6.60. The van der Waals surface area contributed by atoms with Crippen LogP contribution in [0.5, 0.6) is 0 Å². The first kappa shape index (κ1) is 24.4. The number of rotatable bonds is 4. The predicted molar refractivity (Wildman–Crippen MR) is 127 cm³/mol. The van der Waals surface area contributed by atoms with Crippen molar-refractivity contribution in [2.75, 3.05) is 24.2 Å². The van der Waals surface area contributed by atoms with E-state index in [0.717, 1.165) is 31.0 Å². The van der Waals surface area contributed by atoms with Gasteiger partial charge in [0.2, 0.25) is 0 Å². The Kier molecular flexibility index (Phi) is 12.6. The van der Waals surface area contributed by atoms with Gasteiger partial charge in [0.25, 0.3) is 0 Å². The Labute approximate surface area is 180 Å². The molecule has 1 aromatic rings. The molecule has 1 heterocycles. The van der Waals surface area contributed by atoms with Gasteiger partial charge in [0.1, 0.15) is 7.14 Å². The van der Waals surface area contributed by atoms with Gasteiger partial charge in [0.05, 0.1) is 0 Å². The van der Waals surface area contributed by atoms with Gasteiger partial charge in [-0.3, -0.25) is 0 Å². The second kappa shape index (κ2) is 10.9. The highest BCUT2D eigenvalue weighted by molar-refractivity contribution is 14.0. The fraction of sp³-hybridized carbons (Fsp3) is 0.467. The summed E-state index contributed by atoms with van der Waals surface area (Å²) in [4.78, 5) is 2.30. The molecule has 21 heavy (non-hydrogen) atoms. The summed E-state index contributed by atoms with van der Waals surface area (Å²) in [5, 5.41) is 1.01. The Hall–Kier alpha value is 1.18. The highest BCUT2D eigenvalue weighted by atomic mass is 127. The Morgan fingerprint density at radius 1 is 1.05 bits per heavy atom. The van der Waals surface area contributed by atoms with E-state index in [9.17, 15) is 4.57 Å². The Balaban J connectivity index is 0. The fourth-order valence-electron chi connectivity index (χ4n) is 2.54. The van der Waals surface area contributed by atoms with Crippen molar-refractivity contribution < 1.29 is 4.57 Å². The lowest BCUT2D eigenvalue weighted by Crippen LogP contribution is -2.22. The zero-order chi connectivity index (χ0) is 13.2. The molecule has 2 nitrogen and oxygen atoms in total. The van der Waals surface area contributed by atoms with Crippen molar-refractivity contribution in [3.63, 3.8) is 0 Å². The summed E-state index contributed by atoms with van der Waals surface area (Å²) < 4.78 is 12.8. The molecule has 0 amide bonds. The monoisotopic (exact) mass is 647 g/mol. The number of benzene rings is 1. The van der Waals surface area contributed by atoms with Gasteiger partial charge in [-0.15, -0.1) is 71.9 Å². The predicted octanol–water partition coefficient (Wildman–Crippen LogP) is 5.68. The fourth-order valence-corrected chi connectivity index (χ4v) is 5.25. The number of allylic oxidation sites excluding steroid dienone is 1. The van der Waals surface area contributed by atoms with Gasteiger partial charge in [0, 0.05) is 30.2 Å². The third-order valence-electron chi connectivity index (χ3n) is 3.68. The van der Waals surface area contributed by atoms with Crippen LogP contribution in [0.1, 0.15) is 27.2 Å². The van der Waals surface area contributed by atoms with E-state index in [1.807, 2.05) is 17.9 Å². The minimum Gasteiger partial charge on any atom is -0.372 e. The summed E-state index contributed by atoms with van der Waals surface area (Å²) in [7, 11) is -2.23. The zero-order valence-corrected chi connectivity index (χ0v) is 20.6. The van der Waals surface area contributed by atoms with Crippen LogP contribution in [0.25, 0.3) is 0 Å². The quantitative estimate of drug-likeness (QED) is 0.310. The number of hydrogen-bond acceptors (Lipinski definition) is 2. The first-order valence-corrected chi connectivity index (χ1v) is 8.68. The molecule has 0 spiro atoms. The molecule has 0 saturated carbocycles. The standard InChI is InChI=1S/C15H22NOP.3HI/c1-4-16(5-2)14-6-8-15(9-7-14)18(17)11-10-13(3)12-18;;;/h6-9,12H,4-5,10-11H2,1-3H3;3*1H. The molecule has 0 saturated heterocycles. The van der Waals surface area contributed by atoms with Gasteiger partial charge in [-0.1, -0.05) is 5.57 Å². The van der Waals surface area contributed by atoms with Crippen molar-refractivity contribution in [3.8, 4) is 0 Å². The molecule has 0 aromatic heterocycles. The summed E-state index contributed by atoms with van der Waals surface area (Å²) in [5.74, 6) is 2.00. The van der Waals surface area contributed by atoms with Gasteiger partial charge in [-0.2, -0.15) is 0 Å². The molecule has 122 valence electrons. The van der Waals surface area contributed by atoms with Gasteiger partial charge < -0.3 is 9.46 Å². The number of nitrogens with zero attached hydrogens (tertiary/aromatic N) is 1. The molecular formula is C15H25I3NOP. The molecule has 0 aliphatic carbocycles. The maximum Gasteiger partial charge on any atom is 0.136 e. The lowest BCUT2D eigenvalue weighted by Gasteiger charge is -2.21. The number of hydrogen-bond donors (Lipinski definition) is 0. The summed E-state index contributed by atoms with van der Waals surface area (Å²) in [6.45, 7) is 8.40. The van der Waals surface area contributed by atoms with E-state index >= 15 is 0 Å². The average Bonchev–Trinajstić information content (AvgIpc) is 2.73. The summed E-state index contributed by atoms with van der Waals surface area (Å²) in [6, 6.07) is 8.29. The molecule has 0 radical (unpaired) electrons. The van der Waals surface area contributed by atoms with Crippen LogP contribution >= 0.6 is 79.1 Å². The minimum atomic E-state index is -2.23. The normalized spacial score (nSPS) is 19.7. The molecule has 0 fully saturated rings. The first-order valence-electron chi connectivity index (χ1n) is 6.71. The summed E-state index contributed by atoms with van der Waals surface area (Å²) >= 11 is 0. The van der Waals surface area contributed by atoms with Crippen LogP contribution < -0.4 is 10.2 Å². The topological polar surface area (TPSA) is 20.3 Å². The Bertz CT molecular complexity index is 498. The van der Waals surface area contributed by atoms with Gasteiger partial charge in [0.15, 0.2) is 0 Å². The summed E-state index contributed by atoms with van der Waals surface area (Å²) in [5.41, 5.74) is 2.49. The number of anilines is 1. The van der Waals surface area contributed by atoms with Crippen LogP contribution in [0.4, 0.5) is 5.69 Å². The van der Waals surface area contributed by atoms with Crippen LogP contribution in [0.2, 0.25) is 0 Å².